The summed E-state index contributed by atoms with van der Waals surface area (Å²) in [4.78, 5) is 17.0. The van der Waals surface area contributed by atoms with Crippen LogP contribution in [-0.4, -0.2) is 18.0 Å². The smallest absolute Gasteiger partial charge is 0.340 e. The first-order chi connectivity index (χ1) is 13.1. The van der Waals surface area contributed by atoms with Crippen LogP contribution >= 0.6 is 23.2 Å². The summed E-state index contributed by atoms with van der Waals surface area (Å²) in [6.07, 6.45) is 0. The number of hydrogen-bond acceptors (Lipinski definition) is 5. The largest absolute Gasteiger partial charge is 0.358 e. The molecular weight excluding hydrogens is 423 g/mol. The predicted molar refractivity (Wildman–Crippen MR) is 108 cm³/mol. The third-order valence-corrected chi connectivity index (χ3v) is 6.14. The van der Waals surface area contributed by atoms with Crippen LogP contribution in [0.1, 0.15) is 17.0 Å². The Morgan fingerprint density at radius 1 is 1.00 bits per heavy atom. The van der Waals surface area contributed by atoms with Crippen LogP contribution in [0.3, 0.4) is 0 Å². The average Bonchev–Trinajstić information content (AvgIpc) is 2.63. The second-order valence-electron chi connectivity index (χ2n) is 6.15. The number of nitrogens with zero attached hydrogens (tertiary/aromatic N) is 2. The monoisotopic (exact) mass is 438 g/mol. The Kier molecular flexibility index (Phi) is 5.52. The summed E-state index contributed by atoms with van der Waals surface area (Å²) in [6.45, 7) is 4.82. The minimum Gasteiger partial charge on any atom is -0.358 e. The minimum atomic E-state index is -4.14. The van der Waals surface area contributed by atoms with Gasteiger partial charge in [0.2, 0.25) is 5.88 Å². The van der Waals surface area contributed by atoms with E-state index in [2.05, 4.69) is 4.98 Å². The van der Waals surface area contributed by atoms with Gasteiger partial charge in [-0.05, 0) is 45.0 Å². The molecule has 0 radical (unpaired) electrons. The molecule has 1 aromatic heterocycles. The van der Waals surface area contributed by atoms with Crippen molar-refractivity contribution in [2.75, 3.05) is 0 Å². The van der Waals surface area contributed by atoms with Gasteiger partial charge in [0.05, 0.1) is 21.3 Å². The van der Waals surface area contributed by atoms with E-state index in [0.717, 1.165) is 5.56 Å². The van der Waals surface area contributed by atoms with E-state index >= 15 is 0 Å². The molecule has 0 saturated heterocycles. The Morgan fingerprint density at radius 2 is 1.64 bits per heavy atom. The number of rotatable bonds is 4. The number of aryl methyl sites for hydroxylation is 2. The van der Waals surface area contributed by atoms with E-state index in [1.165, 1.54) is 23.6 Å². The van der Waals surface area contributed by atoms with E-state index < -0.39 is 15.7 Å². The van der Waals surface area contributed by atoms with Crippen molar-refractivity contribution in [1.82, 2.24) is 9.55 Å². The second kappa shape index (κ2) is 7.58. The van der Waals surface area contributed by atoms with Gasteiger partial charge >= 0.3 is 10.1 Å². The lowest BCUT2D eigenvalue weighted by Gasteiger charge is -2.15. The van der Waals surface area contributed by atoms with Crippen LogP contribution in [0, 0.1) is 20.8 Å². The van der Waals surface area contributed by atoms with Gasteiger partial charge < -0.3 is 4.18 Å². The van der Waals surface area contributed by atoms with Gasteiger partial charge in [-0.3, -0.25) is 9.36 Å². The van der Waals surface area contributed by atoms with E-state index in [9.17, 15) is 13.2 Å². The SMILES string of the molecule is Cc1ccc(S(=O)(=O)Oc2nc(C)n(-c3cccc(Cl)c3Cl)c(=O)c2C)cc1. The molecule has 0 aliphatic carbocycles. The van der Waals surface area contributed by atoms with Crippen molar-refractivity contribution in [1.29, 1.82) is 0 Å². The molecule has 0 atom stereocenters. The average molecular weight is 439 g/mol. The van der Waals surface area contributed by atoms with E-state index in [4.69, 9.17) is 27.4 Å². The van der Waals surface area contributed by atoms with E-state index in [-0.39, 0.29) is 32.2 Å². The number of hydrogen-bond donors (Lipinski definition) is 0. The fourth-order valence-corrected chi connectivity index (χ4v) is 3.89. The zero-order chi connectivity index (χ0) is 20.6. The molecule has 0 fully saturated rings. The molecule has 9 heteroatoms. The maximum atomic E-state index is 12.9. The van der Waals surface area contributed by atoms with Crippen molar-refractivity contribution in [3.8, 4) is 11.6 Å². The Labute approximate surface area is 172 Å². The molecule has 0 aliphatic rings. The van der Waals surface area contributed by atoms with E-state index in [1.54, 1.807) is 37.3 Å². The Balaban J connectivity index is 2.09. The molecule has 0 saturated carbocycles. The van der Waals surface area contributed by atoms with Crippen LogP contribution in [0.25, 0.3) is 5.69 Å². The Morgan fingerprint density at radius 3 is 2.29 bits per heavy atom. The molecule has 3 aromatic rings. The van der Waals surface area contributed by atoms with Gasteiger partial charge in [0.15, 0.2) is 0 Å². The van der Waals surface area contributed by atoms with Crippen molar-refractivity contribution in [3.63, 3.8) is 0 Å². The Bertz CT molecular complexity index is 1220. The maximum absolute atomic E-state index is 12.9. The van der Waals surface area contributed by atoms with Gasteiger partial charge in [-0.15, -0.1) is 0 Å². The number of aromatic nitrogens is 2. The fourth-order valence-electron chi connectivity index (χ4n) is 2.57. The van der Waals surface area contributed by atoms with Crippen LogP contribution in [0.2, 0.25) is 10.0 Å². The van der Waals surface area contributed by atoms with Crippen molar-refractivity contribution in [2.24, 2.45) is 0 Å². The molecule has 0 bridgehead atoms. The summed E-state index contributed by atoms with van der Waals surface area (Å²) in [6, 6.07) is 11.0. The lowest BCUT2D eigenvalue weighted by molar-refractivity contribution is 0.469. The summed E-state index contributed by atoms with van der Waals surface area (Å²) < 4.78 is 31.5. The van der Waals surface area contributed by atoms with Crippen molar-refractivity contribution < 1.29 is 12.6 Å². The molecule has 0 amide bonds. The highest BCUT2D eigenvalue weighted by Crippen LogP contribution is 2.29. The second-order valence-corrected chi connectivity index (χ2v) is 8.48. The van der Waals surface area contributed by atoms with E-state index in [1.807, 2.05) is 6.92 Å². The van der Waals surface area contributed by atoms with Crippen molar-refractivity contribution in [2.45, 2.75) is 25.7 Å². The molecule has 0 aliphatic heterocycles. The van der Waals surface area contributed by atoms with Crippen LogP contribution in [0.4, 0.5) is 0 Å². The predicted octanol–water partition coefficient (Wildman–Crippen LogP) is 4.23. The van der Waals surface area contributed by atoms with Crippen LogP contribution in [0.15, 0.2) is 52.2 Å². The molecule has 1 heterocycles. The standard InChI is InChI=1S/C19H16Cl2N2O4S/c1-11-7-9-14(10-8-11)28(25,26)27-18-12(2)19(24)23(13(3)22-18)16-6-4-5-15(20)17(16)21/h4-10H,1-3H3. The molecular formula is C19H16Cl2N2O4S. The summed E-state index contributed by atoms with van der Waals surface area (Å²) >= 11 is 12.3. The lowest BCUT2D eigenvalue weighted by atomic mass is 10.2. The van der Waals surface area contributed by atoms with Crippen LogP contribution in [0.5, 0.6) is 5.88 Å². The summed E-state index contributed by atoms with van der Waals surface area (Å²) in [5, 5.41) is 0.474. The van der Waals surface area contributed by atoms with Gasteiger partial charge in [-0.1, -0.05) is 47.0 Å². The molecule has 28 heavy (non-hydrogen) atoms. The third-order valence-electron chi connectivity index (χ3n) is 4.10. The highest BCUT2D eigenvalue weighted by Gasteiger charge is 2.22. The molecule has 0 N–H and O–H groups in total. The fraction of sp³-hybridized carbons (Fsp3) is 0.158. The van der Waals surface area contributed by atoms with Crippen molar-refractivity contribution in [3.05, 3.63) is 79.8 Å². The highest BCUT2D eigenvalue weighted by atomic mass is 35.5. The van der Waals surface area contributed by atoms with Crippen LogP contribution in [-0.2, 0) is 10.1 Å². The zero-order valence-electron chi connectivity index (χ0n) is 15.2. The highest BCUT2D eigenvalue weighted by molar-refractivity contribution is 7.87. The minimum absolute atomic E-state index is 0.0253. The third kappa shape index (κ3) is 3.78. The first kappa shape index (κ1) is 20.4. The molecule has 3 rings (SSSR count). The van der Waals surface area contributed by atoms with Gasteiger partial charge in [0, 0.05) is 0 Å². The molecule has 146 valence electrons. The first-order valence-corrected chi connectivity index (χ1v) is 10.3. The quantitative estimate of drug-likeness (QED) is 0.569. The molecule has 0 spiro atoms. The van der Waals surface area contributed by atoms with Gasteiger partial charge in [0.25, 0.3) is 5.56 Å². The normalized spacial score (nSPS) is 11.5. The molecule has 0 unspecified atom stereocenters. The first-order valence-electron chi connectivity index (χ1n) is 8.17. The Hall–Kier alpha value is -2.35. The maximum Gasteiger partial charge on any atom is 0.340 e. The summed E-state index contributed by atoms with van der Waals surface area (Å²) in [7, 11) is -4.14. The lowest BCUT2D eigenvalue weighted by Crippen LogP contribution is -2.26. The van der Waals surface area contributed by atoms with Crippen molar-refractivity contribution >= 4 is 33.3 Å². The van der Waals surface area contributed by atoms with Gasteiger partial charge in [0.1, 0.15) is 10.7 Å². The molecule has 2 aromatic carbocycles. The van der Waals surface area contributed by atoms with E-state index in [0.29, 0.717) is 5.69 Å². The topological polar surface area (TPSA) is 78.3 Å². The van der Waals surface area contributed by atoms with Gasteiger partial charge in [-0.25, -0.2) is 0 Å². The van der Waals surface area contributed by atoms with Gasteiger partial charge in [-0.2, -0.15) is 13.4 Å². The molecule has 6 nitrogen and oxygen atoms in total. The number of benzene rings is 2. The van der Waals surface area contributed by atoms with Crippen LogP contribution < -0.4 is 9.74 Å². The zero-order valence-corrected chi connectivity index (χ0v) is 17.6. The summed E-state index contributed by atoms with van der Waals surface area (Å²) in [5.41, 5.74) is 0.772. The summed E-state index contributed by atoms with van der Waals surface area (Å²) in [5.74, 6) is -0.0775. The number of halogens is 2.